The number of sulfonamides is 1. The average molecular weight is 464 g/mol. The van der Waals surface area contributed by atoms with E-state index in [1.807, 2.05) is 30.3 Å². The van der Waals surface area contributed by atoms with E-state index in [2.05, 4.69) is 5.32 Å². The minimum atomic E-state index is -3.56. The van der Waals surface area contributed by atoms with Crippen LogP contribution in [0.5, 0.6) is 0 Å². The van der Waals surface area contributed by atoms with Gasteiger partial charge in [0.25, 0.3) is 5.91 Å². The molecule has 0 bridgehead atoms. The Morgan fingerprint density at radius 3 is 2.12 bits per heavy atom. The minimum absolute atomic E-state index is 0.137. The van der Waals surface area contributed by atoms with E-state index >= 15 is 0 Å². The van der Waals surface area contributed by atoms with Crippen molar-refractivity contribution in [3.8, 4) is 0 Å². The Morgan fingerprint density at radius 1 is 0.879 bits per heavy atom. The molecule has 4 rings (SSSR count). The first-order valence-corrected chi connectivity index (χ1v) is 12.0. The second-order valence-electron chi connectivity index (χ2n) is 8.09. The second-order valence-corrected chi connectivity index (χ2v) is 10.2. The number of rotatable bonds is 5. The lowest BCUT2D eigenvalue weighted by Gasteiger charge is -2.36. The van der Waals surface area contributed by atoms with Crippen LogP contribution >= 0.6 is 0 Å². The Hall–Kier alpha value is -3.49. The molecule has 8 heteroatoms. The van der Waals surface area contributed by atoms with E-state index in [1.54, 1.807) is 41.3 Å². The number of carbonyl (C=O) groups excluding carboxylic acids is 2. The van der Waals surface area contributed by atoms with Gasteiger partial charge < -0.3 is 10.2 Å². The summed E-state index contributed by atoms with van der Waals surface area (Å²) in [6.45, 7) is 0.335. The third kappa shape index (κ3) is 4.67. The summed E-state index contributed by atoms with van der Waals surface area (Å²) >= 11 is 0. The predicted octanol–water partition coefficient (Wildman–Crippen LogP) is 3.14. The number of amides is 2. The highest BCUT2D eigenvalue weighted by atomic mass is 32.2. The van der Waals surface area contributed by atoms with Crippen molar-refractivity contribution in [1.29, 1.82) is 0 Å². The fraction of sp³-hybridized carbons (Fsp3) is 0.200. The lowest BCUT2D eigenvalue weighted by Crippen LogP contribution is -2.50. The van der Waals surface area contributed by atoms with Crippen molar-refractivity contribution < 1.29 is 18.0 Å². The van der Waals surface area contributed by atoms with Crippen molar-refractivity contribution in [3.63, 3.8) is 0 Å². The Labute approximate surface area is 193 Å². The van der Waals surface area contributed by atoms with Gasteiger partial charge in [0.1, 0.15) is 6.04 Å². The maximum Gasteiger partial charge on any atom is 0.254 e. The normalized spacial score (nSPS) is 15.7. The summed E-state index contributed by atoms with van der Waals surface area (Å²) in [5, 5.41) is 2.85. The third-order valence-electron chi connectivity index (χ3n) is 5.73. The highest BCUT2D eigenvalue weighted by molar-refractivity contribution is 7.89. The van der Waals surface area contributed by atoms with Crippen molar-refractivity contribution >= 4 is 27.5 Å². The fourth-order valence-electron chi connectivity index (χ4n) is 3.86. The Morgan fingerprint density at radius 2 is 1.48 bits per heavy atom. The van der Waals surface area contributed by atoms with Crippen LogP contribution < -0.4 is 5.32 Å². The number of anilines is 1. The standard InChI is InChI=1S/C25H25N3O4S/c1-27(2)33(31,32)22-14-12-21(13-15-22)26-24(29)23-16-19-10-6-7-11-20(19)17-28(23)25(30)18-8-4-3-5-9-18/h3-15,23H,16-17H2,1-2H3,(H,26,29)/t23-/m1/s1. The maximum atomic E-state index is 13.3. The molecule has 7 nitrogen and oxygen atoms in total. The van der Waals surface area contributed by atoms with Crippen LogP contribution in [0.3, 0.4) is 0 Å². The number of hydrogen-bond donors (Lipinski definition) is 1. The fourth-order valence-corrected chi connectivity index (χ4v) is 4.77. The van der Waals surface area contributed by atoms with Crippen LogP contribution in [0.4, 0.5) is 5.69 Å². The van der Waals surface area contributed by atoms with Gasteiger partial charge in [0, 0.05) is 38.3 Å². The van der Waals surface area contributed by atoms with Crippen molar-refractivity contribution in [2.45, 2.75) is 23.9 Å². The monoisotopic (exact) mass is 463 g/mol. The molecule has 1 aliphatic rings. The molecule has 0 aliphatic carbocycles. The van der Waals surface area contributed by atoms with Crippen molar-refractivity contribution in [3.05, 3.63) is 95.6 Å². The summed E-state index contributed by atoms with van der Waals surface area (Å²) in [7, 11) is -0.634. The minimum Gasteiger partial charge on any atom is -0.324 e. The smallest absolute Gasteiger partial charge is 0.254 e. The average Bonchev–Trinajstić information content (AvgIpc) is 2.83. The van der Waals surface area contributed by atoms with Crippen LogP contribution in [0.15, 0.2) is 83.8 Å². The van der Waals surface area contributed by atoms with Crippen molar-refractivity contribution in [1.82, 2.24) is 9.21 Å². The van der Waals surface area contributed by atoms with Crippen LogP contribution in [0.25, 0.3) is 0 Å². The van der Waals surface area contributed by atoms with Gasteiger partial charge in [0.2, 0.25) is 15.9 Å². The van der Waals surface area contributed by atoms with Gasteiger partial charge in [-0.25, -0.2) is 12.7 Å². The molecule has 0 saturated carbocycles. The molecule has 3 aromatic rings. The molecule has 0 radical (unpaired) electrons. The number of nitrogens with zero attached hydrogens (tertiary/aromatic N) is 2. The molecular formula is C25H25N3O4S. The van der Waals surface area contributed by atoms with Gasteiger partial charge in [0.05, 0.1) is 4.90 Å². The molecule has 33 heavy (non-hydrogen) atoms. The summed E-state index contributed by atoms with van der Waals surface area (Å²) in [5.41, 5.74) is 3.03. The molecule has 0 unspecified atom stereocenters. The van der Waals surface area contributed by atoms with Crippen LogP contribution in [-0.4, -0.2) is 49.6 Å². The van der Waals surface area contributed by atoms with Gasteiger partial charge in [0.15, 0.2) is 0 Å². The second kappa shape index (κ2) is 9.17. The third-order valence-corrected chi connectivity index (χ3v) is 7.56. The van der Waals surface area contributed by atoms with E-state index in [0.717, 1.165) is 15.4 Å². The molecule has 1 N–H and O–H groups in total. The molecule has 3 aromatic carbocycles. The summed E-state index contributed by atoms with van der Waals surface area (Å²) in [6.07, 6.45) is 0.397. The van der Waals surface area contributed by atoms with E-state index in [4.69, 9.17) is 0 Å². The number of benzene rings is 3. The highest BCUT2D eigenvalue weighted by Gasteiger charge is 2.35. The predicted molar refractivity (Wildman–Crippen MR) is 126 cm³/mol. The summed E-state index contributed by atoms with van der Waals surface area (Å²) in [6, 6.07) is 22.0. The van der Waals surface area contributed by atoms with Crippen molar-refractivity contribution in [2.75, 3.05) is 19.4 Å². The topological polar surface area (TPSA) is 86.8 Å². The van der Waals surface area contributed by atoms with Gasteiger partial charge in [-0.3, -0.25) is 9.59 Å². The molecule has 0 aromatic heterocycles. The molecule has 2 amide bonds. The van der Waals surface area contributed by atoms with Gasteiger partial charge in [-0.1, -0.05) is 42.5 Å². The maximum absolute atomic E-state index is 13.3. The first-order chi connectivity index (χ1) is 15.8. The van der Waals surface area contributed by atoms with Crippen LogP contribution in [0, 0.1) is 0 Å². The zero-order chi connectivity index (χ0) is 23.6. The number of fused-ring (bicyclic) bond motifs is 1. The number of hydrogen-bond acceptors (Lipinski definition) is 4. The molecule has 0 spiro atoms. The zero-order valence-electron chi connectivity index (χ0n) is 18.4. The first kappa shape index (κ1) is 22.7. The van der Waals surface area contributed by atoms with Gasteiger partial charge in [-0.05, 0) is 47.5 Å². The summed E-state index contributed by atoms with van der Waals surface area (Å²) in [5.74, 6) is -0.533. The zero-order valence-corrected chi connectivity index (χ0v) is 19.2. The molecule has 1 aliphatic heterocycles. The first-order valence-electron chi connectivity index (χ1n) is 10.5. The van der Waals surface area contributed by atoms with Crippen molar-refractivity contribution in [2.24, 2.45) is 0 Å². The van der Waals surface area contributed by atoms with Gasteiger partial charge >= 0.3 is 0 Å². The lowest BCUT2D eigenvalue weighted by atomic mass is 9.92. The largest absolute Gasteiger partial charge is 0.324 e. The number of carbonyl (C=O) groups is 2. The molecule has 1 atom stereocenters. The van der Waals surface area contributed by atoms with Crippen LogP contribution in [0.1, 0.15) is 21.5 Å². The van der Waals surface area contributed by atoms with Gasteiger partial charge in [-0.2, -0.15) is 0 Å². The van der Waals surface area contributed by atoms with Crippen LogP contribution in [-0.2, 0) is 27.8 Å². The molecule has 1 heterocycles. The SMILES string of the molecule is CN(C)S(=O)(=O)c1ccc(NC(=O)[C@H]2Cc3ccccc3CN2C(=O)c2ccccc2)cc1. The van der Waals surface area contributed by atoms with E-state index in [0.29, 0.717) is 24.2 Å². The Balaban J connectivity index is 1.59. The molecule has 0 saturated heterocycles. The van der Waals surface area contributed by atoms with Gasteiger partial charge in [-0.15, -0.1) is 0 Å². The van der Waals surface area contributed by atoms with E-state index in [1.165, 1.54) is 26.2 Å². The van der Waals surface area contributed by atoms with E-state index < -0.39 is 16.1 Å². The van der Waals surface area contributed by atoms with E-state index in [9.17, 15) is 18.0 Å². The van der Waals surface area contributed by atoms with Crippen LogP contribution in [0.2, 0.25) is 0 Å². The molecule has 170 valence electrons. The highest BCUT2D eigenvalue weighted by Crippen LogP contribution is 2.26. The summed E-state index contributed by atoms with van der Waals surface area (Å²) in [4.78, 5) is 28.3. The summed E-state index contributed by atoms with van der Waals surface area (Å²) < 4.78 is 25.7. The quantitative estimate of drug-likeness (QED) is 0.630. The van der Waals surface area contributed by atoms with E-state index in [-0.39, 0.29) is 16.7 Å². The molecular weight excluding hydrogens is 438 g/mol. The Kier molecular flexibility index (Phi) is 6.31. The Bertz CT molecular complexity index is 1270. The number of nitrogens with one attached hydrogen (secondary N) is 1. The molecule has 0 fully saturated rings. The lowest BCUT2D eigenvalue weighted by molar-refractivity contribution is -0.121.